The molecule has 1 aromatic carbocycles. The van der Waals surface area contributed by atoms with E-state index in [9.17, 15) is 0 Å². The van der Waals surface area contributed by atoms with E-state index in [1.807, 2.05) is 0 Å². The van der Waals surface area contributed by atoms with E-state index in [0.717, 1.165) is 25.9 Å². The molecule has 0 bridgehead atoms. The Kier molecular flexibility index (Phi) is 5.72. The van der Waals surface area contributed by atoms with Gasteiger partial charge in [0, 0.05) is 13.0 Å². The van der Waals surface area contributed by atoms with E-state index in [4.69, 9.17) is 5.26 Å². The summed E-state index contributed by atoms with van der Waals surface area (Å²) in [6, 6.07) is 8.87. The average molecular weight is 230 g/mol. The van der Waals surface area contributed by atoms with Crippen LogP contribution >= 0.6 is 0 Å². The molecule has 2 heteroatoms. The van der Waals surface area contributed by atoms with Crippen LogP contribution in [-0.2, 0) is 6.42 Å². The van der Waals surface area contributed by atoms with E-state index in [2.05, 4.69) is 50.1 Å². The Morgan fingerprint density at radius 1 is 1.18 bits per heavy atom. The molecule has 0 heterocycles. The second kappa shape index (κ2) is 7.09. The van der Waals surface area contributed by atoms with Gasteiger partial charge in [-0.25, -0.2) is 0 Å². The lowest BCUT2D eigenvalue weighted by molar-refractivity contribution is 0.335. The van der Waals surface area contributed by atoms with Crippen LogP contribution in [0.15, 0.2) is 18.2 Å². The standard InChI is InChI=1S/C15H22N2/c1-13-6-7-15(12-14(13)2)8-11-17(3)10-5-4-9-16/h6-7,12H,4-5,8,10-11H2,1-3H3. The molecule has 2 nitrogen and oxygen atoms in total. The van der Waals surface area contributed by atoms with Gasteiger partial charge < -0.3 is 4.90 Å². The maximum absolute atomic E-state index is 8.48. The number of nitriles is 1. The summed E-state index contributed by atoms with van der Waals surface area (Å²) in [5, 5.41) is 8.48. The van der Waals surface area contributed by atoms with Crippen LogP contribution in [0.4, 0.5) is 0 Å². The summed E-state index contributed by atoms with van der Waals surface area (Å²) in [6.07, 6.45) is 2.72. The van der Waals surface area contributed by atoms with Crippen LogP contribution in [0.25, 0.3) is 0 Å². The molecule has 1 aromatic rings. The Hall–Kier alpha value is -1.33. The van der Waals surface area contributed by atoms with E-state index in [1.165, 1.54) is 16.7 Å². The van der Waals surface area contributed by atoms with Gasteiger partial charge in [0.15, 0.2) is 0 Å². The molecule has 0 aromatic heterocycles. The van der Waals surface area contributed by atoms with Crippen LogP contribution in [0.5, 0.6) is 0 Å². The first-order valence-electron chi connectivity index (χ1n) is 6.25. The highest BCUT2D eigenvalue weighted by atomic mass is 15.1. The van der Waals surface area contributed by atoms with Gasteiger partial charge in [-0.1, -0.05) is 18.2 Å². The first-order chi connectivity index (χ1) is 8.13. The van der Waals surface area contributed by atoms with Gasteiger partial charge in [-0.15, -0.1) is 0 Å². The molecule has 0 saturated heterocycles. The molecule has 0 fully saturated rings. The van der Waals surface area contributed by atoms with Crippen LogP contribution < -0.4 is 0 Å². The second-order valence-electron chi connectivity index (χ2n) is 4.73. The fourth-order valence-electron chi connectivity index (χ4n) is 1.82. The van der Waals surface area contributed by atoms with Crippen molar-refractivity contribution in [2.75, 3.05) is 20.1 Å². The van der Waals surface area contributed by atoms with E-state index < -0.39 is 0 Å². The molecular formula is C15H22N2. The van der Waals surface area contributed by atoms with Gasteiger partial charge in [-0.2, -0.15) is 5.26 Å². The number of aryl methyl sites for hydroxylation is 2. The molecule has 0 N–H and O–H groups in total. The Bertz CT molecular complexity index is 390. The average Bonchev–Trinajstić information content (AvgIpc) is 2.31. The number of benzene rings is 1. The molecule has 17 heavy (non-hydrogen) atoms. The van der Waals surface area contributed by atoms with Gasteiger partial charge in [-0.3, -0.25) is 0 Å². The van der Waals surface area contributed by atoms with Crippen molar-refractivity contribution in [3.05, 3.63) is 34.9 Å². The number of nitrogens with zero attached hydrogens (tertiary/aromatic N) is 2. The third-order valence-electron chi connectivity index (χ3n) is 3.18. The number of hydrogen-bond donors (Lipinski definition) is 0. The summed E-state index contributed by atoms with van der Waals surface area (Å²) in [4.78, 5) is 2.30. The second-order valence-corrected chi connectivity index (χ2v) is 4.73. The number of likely N-dealkylation sites (N-methyl/N-ethyl adjacent to an activating group) is 1. The SMILES string of the molecule is Cc1ccc(CCN(C)CCCC#N)cc1C. The minimum absolute atomic E-state index is 0.661. The Morgan fingerprint density at radius 2 is 1.94 bits per heavy atom. The maximum Gasteiger partial charge on any atom is 0.0622 e. The summed E-state index contributed by atoms with van der Waals surface area (Å²) in [7, 11) is 2.12. The van der Waals surface area contributed by atoms with Gasteiger partial charge in [0.25, 0.3) is 0 Å². The molecule has 0 unspecified atom stereocenters. The minimum Gasteiger partial charge on any atom is -0.306 e. The van der Waals surface area contributed by atoms with Crippen LogP contribution in [0.3, 0.4) is 0 Å². The number of hydrogen-bond acceptors (Lipinski definition) is 2. The monoisotopic (exact) mass is 230 g/mol. The lowest BCUT2D eigenvalue weighted by Crippen LogP contribution is -2.22. The largest absolute Gasteiger partial charge is 0.306 e. The molecule has 0 atom stereocenters. The van der Waals surface area contributed by atoms with Gasteiger partial charge in [0.1, 0.15) is 0 Å². The van der Waals surface area contributed by atoms with Crippen molar-refractivity contribution in [1.82, 2.24) is 4.90 Å². The van der Waals surface area contributed by atoms with Gasteiger partial charge in [0.2, 0.25) is 0 Å². The summed E-state index contributed by atoms with van der Waals surface area (Å²) < 4.78 is 0. The third-order valence-corrected chi connectivity index (χ3v) is 3.18. The highest BCUT2D eigenvalue weighted by Gasteiger charge is 2.00. The van der Waals surface area contributed by atoms with E-state index in [0.29, 0.717) is 6.42 Å². The Labute approximate surface area is 105 Å². The molecule has 0 aliphatic rings. The predicted molar refractivity (Wildman–Crippen MR) is 72.0 cm³/mol. The summed E-state index contributed by atoms with van der Waals surface area (Å²) in [5.41, 5.74) is 4.13. The third kappa shape index (κ3) is 5.01. The van der Waals surface area contributed by atoms with Crippen LogP contribution in [0, 0.1) is 25.2 Å². The normalized spacial score (nSPS) is 10.5. The highest BCUT2D eigenvalue weighted by Crippen LogP contribution is 2.10. The Morgan fingerprint density at radius 3 is 2.59 bits per heavy atom. The van der Waals surface area contributed by atoms with E-state index in [-0.39, 0.29) is 0 Å². The van der Waals surface area contributed by atoms with Gasteiger partial charge in [-0.05, 0) is 57.0 Å². The molecule has 0 radical (unpaired) electrons. The van der Waals surface area contributed by atoms with Gasteiger partial charge >= 0.3 is 0 Å². The predicted octanol–water partition coefficient (Wildman–Crippen LogP) is 3.08. The van der Waals surface area contributed by atoms with Crippen molar-refractivity contribution in [3.8, 4) is 6.07 Å². The van der Waals surface area contributed by atoms with Crippen LogP contribution in [-0.4, -0.2) is 25.0 Å². The molecule has 0 spiro atoms. The summed E-state index contributed by atoms with van der Waals surface area (Å²) in [5.74, 6) is 0. The molecule has 0 aliphatic carbocycles. The number of unbranched alkanes of at least 4 members (excludes halogenated alkanes) is 1. The smallest absolute Gasteiger partial charge is 0.0622 e. The first-order valence-corrected chi connectivity index (χ1v) is 6.25. The topological polar surface area (TPSA) is 27.0 Å². The van der Waals surface area contributed by atoms with Crippen molar-refractivity contribution in [3.63, 3.8) is 0 Å². The van der Waals surface area contributed by atoms with Crippen LogP contribution in [0.1, 0.15) is 29.5 Å². The number of rotatable bonds is 6. The molecule has 0 aliphatic heterocycles. The zero-order valence-electron chi connectivity index (χ0n) is 11.2. The summed E-state index contributed by atoms with van der Waals surface area (Å²) in [6.45, 7) is 6.38. The highest BCUT2D eigenvalue weighted by molar-refractivity contribution is 5.30. The van der Waals surface area contributed by atoms with E-state index >= 15 is 0 Å². The van der Waals surface area contributed by atoms with Crippen molar-refractivity contribution >= 4 is 0 Å². The van der Waals surface area contributed by atoms with Crippen molar-refractivity contribution in [1.29, 1.82) is 5.26 Å². The minimum atomic E-state index is 0.661. The van der Waals surface area contributed by atoms with Crippen molar-refractivity contribution in [2.45, 2.75) is 33.1 Å². The molecule has 0 saturated carbocycles. The van der Waals surface area contributed by atoms with Crippen molar-refractivity contribution in [2.24, 2.45) is 0 Å². The molecule has 0 amide bonds. The van der Waals surface area contributed by atoms with Crippen LogP contribution in [0.2, 0.25) is 0 Å². The quantitative estimate of drug-likeness (QED) is 0.702. The van der Waals surface area contributed by atoms with Gasteiger partial charge in [0.05, 0.1) is 6.07 Å². The van der Waals surface area contributed by atoms with E-state index in [1.54, 1.807) is 0 Å². The summed E-state index contributed by atoms with van der Waals surface area (Å²) >= 11 is 0. The molecule has 92 valence electrons. The lowest BCUT2D eigenvalue weighted by atomic mass is 10.0. The zero-order valence-corrected chi connectivity index (χ0v) is 11.2. The molecular weight excluding hydrogens is 208 g/mol. The Balaban J connectivity index is 2.34. The fourth-order valence-corrected chi connectivity index (χ4v) is 1.82. The maximum atomic E-state index is 8.48. The lowest BCUT2D eigenvalue weighted by Gasteiger charge is -2.16. The molecule has 1 rings (SSSR count). The van der Waals surface area contributed by atoms with Crippen molar-refractivity contribution < 1.29 is 0 Å². The first kappa shape index (κ1) is 13.7. The zero-order chi connectivity index (χ0) is 12.7. The fraction of sp³-hybridized carbons (Fsp3) is 0.533.